The topological polar surface area (TPSA) is 113 Å². The molecule has 0 saturated carbocycles. The van der Waals surface area contributed by atoms with Gasteiger partial charge in [0.05, 0.1) is 20.6 Å². The number of rotatable bonds is 6. The number of amides is 1. The van der Waals surface area contributed by atoms with Crippen LogP contribution in [0.2, 0.25) is 10.0 Å². The lowest BCUT2D eigenvalue weighted by molar-refractivity contribution is -0.140. The standard InChI is InChI=1S/C11H11Cl2N2O5S/c1-5(16)14-7(11(17)18)4-21-10-8(15(19)20)3-2-6(12)9(10)13/h2-3,7,19H,4H2,1H3,(H,14,16)(H,17,18)/q-1. The molecule has 1 aromatic carbocycles. The number of hydrogen-bond acceptors (Lipinski definition) is 6. The highest BCUT2D eigenvalue weighted by atomic mass is 35.5. The lowest BCUT2D eigenvalue weighted by atomic mass is 10.3. The predicted octanol–water partition coefficient (Wildman–Crippen LogP) is 2.37. The summed E-state index contributed by atoms with van der Waals surface area (Å²) >= 11 is 12.6. The largest absolute Gasteiger partial charge is 0.733 e. The van der Waals surface area contributed by atoms with Crippen molar-refractivity contribution < 1.29 is 19.9 Å². The molecule has 1 rings (SSSR count). The monoisotopic (exact) mass is 353 g/mol. The quantitative estimate of drug-likeness (QED) is 0.531. The number of nitrogens with one attached hydrogen (secondary N) is 1. The summed E-state index contributed by atoms with van der Waals surface area (Å²) in [5.41, 5.74) is -0.165. The Morgan fingerprint density at radius 3 is 2.57 bits per heavy atom. The summed E-state index contributed by atoms with van der Waals surface area (Å²) in [5.74, 6) is -1.84. The second kappa shape index (κ2) is 7.71. The van der Waals surface area contributed by atoms with E-state index in [1.807, 2.05) is 0 Å². The molecule has 0 aliphatic heterocycles. The Morgan fingerprint density at radius 2 is 2.10 bits per heavy atom. The Kier molecular flexibility index (Phi) is 6.56. The van der Waals surface area contributed by atoms with Gasteiger partial charge in [-0.3, -0.25) is 10.0 Å². The second-order valence-corrected chi connectivity index (χ2v) is 5.70. The first kappa shape index (κ1) is 17.9. The van der Waals surface area contributed by atoms with Crippen LogP contribution in [0.25, 0.3) is 0 Å². The number of carboxylic acid groups (broad SMARTS) is 1. The fraction of sp³-hybridized carbons (Fsp3) is 0.273. The molecule has 1 atom stereocenters. The molecule has 7 nitrogen and oxygen atoms in total. The highest BCUT2D eigenvalue weighted by molar-refractivity contribution is 7.99. The summed E-state index contributed by atoms with van der Waals surface area (Å²) < 4.78 is 0. The fourth-order valence-corrected chi connectivity index (χ4v) is 3.02. The van der Waals surface area contributed by atoms with Gasteiger partial charge in [-0.1, -0.05) is 23.2 Å². The van der Waals surface area contributed by atoms with E-state index < -0.39 is 23.1 Å². The number of carbonyl (C=O) groups is 2. The number of nitrogens with zero attached hydrogens (tertiary/aromatic N) is 1. The molecule has 1 unspecified atom stereocenters. The van der Waals surface area contributed by atoms with E-state index in [2.05, 4.69) is 5.32 Å². The molecule has 21 heavy (non-hydrogen) atoms. The number of halogens is 2. The molecule has 0 fully saturated rings. The minimum atomic E-state index is -1.24. The molecule has 0 aliphatic rings. The zero-order valence-corrected chi connectivity index (χ0v) is 13.0. The van der Waals surface area contributed by atoms with Gasteiger partial charge in [0.1, 0.15) is 6.04 Å². The van der Waals surface area contributed by atoms with Crippen LogP contribution >= 0.6 is 35.0 Å². The predicted molar refractivity (Wildman–Crippen MR) is 80.1 cm³/mol. The summed E-state index contributed by atoms with van der Waals surface area (Å²) in [6.45, 7) is 1.19. The van der Waals surface area contributed by atoms with Crippen molar-refractivity contribution in [1.29, 1.82) is 0 Å². The summed E-state index contributed by atoms with van der Waals surface area (Å²) in [4.78, 5) is 22.1. The molecule has 0 saturated heterocycles. The number of carboxylic acids is 1. The van der Waals surface area contributed by atoms with E-state index in [4.69, 9.17) is 33.5 Å². The Morgan fingerprint density at radius 1 is 1.48 bits per heavy atom. The number of carbonyl (C=O) groups excluding carboxylic acids is 1. The number of aliphatic carboxylic acids is 1. The zero-order valence-electron chi connectivity index (χ0n) is 10.7. The van der Waals surface area contributed by atoms with Crippen LogP contribution in [0.5, 0.6) is 0 Å². The fourth-order valence-electron chi connectivity index (χ4n) is 1.40. The zero-order chi connectivity index (χ0) is 16.2. The van der Waals surface area contributed by atoms with E-state index in [0.29, 0.717) is 0 Å². The molecule has 0 heterocycles. The Hall–Kier alpha value is -1.19. The Balaban J connectivity index is 2.98. The van der Waals surface area contributed by atoms with Gasteiger partial charge in [0.2, 0.25) is 5.91 Å². The van der Waals surface area contributed by atoms with Crippen molar-refractivity contribution in [2.75, 3.05) is 11.0 Å². The number of thioether (sulfide) groups is 1. The Bertz CT molecular complexity index is 556. The average Bonchev–Trinajstić information content (AvgIpc) is 2.37. The molecule has 1 aromatic rings. The molecule has 0 radical (unpaired) electrons. The van der Waals surface area contributed by atoms with Crippen LogP contribution in [0.4, 0.5) is 5.69 Å². The lowest BCUT2D eigenvalue weighted by Gasteiger charge is -2.25. The summed E-state index contributed by atoms with van der Waals surface area (Å²) in [6.07, 6.45) is 0. The van der Waals surface area contributed by atoms with Crippen LogP contribution < -0.4 is 10.5 Å². The molecule has 3 N–H and O–H groups in total. The van der Waals surface area contributed by atoms with E-state index in [0.717, 1.165) is 11.8 Å². The van der Waals surface area contributed by atoms with E-state index in [1.165, 1.54) is 19.1 Å². The third-order valence-corrected chi connectivity index (χ3v) is 4.42. The smallest absolute Gasteiger partial charge is 0.327 e. The summed E-state index contributed by atoms with van der Waals surface area (Å²) in [7, 11) is 0. The Labute approximate surface area is 134 Å². The van der Waals surface area contributed by atoms with Gasteiger partial charge in [-0.15, -0.1) is 11.8 Å². The minimum Gasteiger partial charge on any atom is -0.733 e. The van der Waals surface area contributed by atoms with E-state index in [-0.39, 0.29) is 26.4 Å². The first-order chi connectivity index (χ1) is 9.73. The SMILES string of the molecule is CC(=O)NC(CSc1c(N([O-])O)ccc(Cl)c1Cl)C(=O)O. The van der Waals surface area contributed by atoms with Gasteiger partial charge in [0.15, 0.2) is 0 Å². The van der Waals surface area contributed by atoms with Gasteiger partial charge in [-0.05, 0) is 12.1 Å². The van der Waals surface area contributed by atoms with Crippen LogP contribution in [0, 0.1) is 5.21 Å². The van der Waals surface area contributed by atoms with Crippen LogP contribution in [-0.4, -0.2) is 34.0 Å². The van der Waals surface area contributed by atoms with Crippen LogP contribution in [0.3, 0.4) is 0 Å². The first-order valence-corrected chi connectivity index (χ1v) is 7.25. The molecule has 0 bridgehead atoms. The van der Waals surface area contributed by atoms with Crippen molar-refractivity contribution in [3.05, 3.63) is 27.4 Å². The molecule has 0 aromatic heterocycles. The van der Waals surface area contributed by atoms with Crippen LogP contribution in [-0.2, 0) is 9.59 Å². The highest BCUT2D eigenvalue weighted by Crippen LogP contribution is 2.40. The van der Waals surface area contributed by atoms with Crippen LogP contribution in [0.15, 0.2) is 17.0 Å². The molecule has 0 spiro atoms. The third-order valence-electron chi connectivity index (χ3n) is 2.31. The van der Waals surface area contributed by atoms with E-state index in [1.54, 1.807) is 0 Å². The minimum absolute atomic E-state index is 0.0148. The van der Waals surface area contributed by atoms with E-state index >= 15 is 0 Å². The van der Waals surface area contributed by atoms with Gasteiger partial charge in [-0.2, -0.15) is 0 Å². The lowest BCUT2D eigenvalue weighted by Crippen LogP contribution is -2.41. The van der Waals surface area contributed by atoms with Crippen molar-refractivity contribution in [3.8, 4) is 0 Å². The van der Waals surface area contributed by atoms with Gasteiger partial charge >= 0.3 is 5.97 Å². The molecule has 0 aliphatic carbocycles. The van der Waals surface area contributed by atoms with Gasteiger partial charge in [0, 0.05) is 12.7 Å². The maximum atomic E-state index is 11.1. The molecular weight excluding hydrogens is 343 g/mol. The van der Waals surface area contributed by atoms with Crippen molar-refractivity contribution in [2.45, 2.75) is 17.9 Å². The van der Waals surface area contributed by atoms with Gasteiger partial charge in [0.25, 0.3) is 0 Å². The molecular formula is C11H11Cl2N2O5S-. The first-order valence-electron chi connectivity index (χ1n) is 5.51. The molecule has 10 heteroatoms. The molecule has 116 valence electrons. The van der Waals surface area contributed by atoms with Crippen molar-refractivity contribution >= 4 is 52.5 Å². The number of hydrogen-bond donors (Lipinski definition) is 3. The van der Waals surface area contributed by atoms with Crippen LogP contribution in [0.1, 0.15) is 6.92 Å². The average molecular weight is 354 g/mol. The van der Waals surface area contributed by atoms with Crippen molar-refractivity contribution in [2.24, 2.45) is 0 Å². The van der Waals surface area contributed by atoms with Gasteiger partial charge in [-0.25, -0.2) is 4.79 Å². The van der Waals surface area contributed by atoms with Crippen molar-refractivity contribution in [1.82, 2.24) is 5.32 Å². The van der Waals surface area contributed by atoms with E-state index in [9.17, 15) is 14.8 Å². The second-order valence-electron chi connectivity index (χ2n) is 3.88. The maximum absolute atomic E-state index is 11.1. The number of anilines is 1. The maximum Gasteiger partial charge on any atom is 0.327 e. The molecule has 1 amide bonds. The normalized spacial score (nSPS) is 11.9. The van der Waals surface area contributed by atoms with Crippen molar-refractivity contribution in [3.63, 3.8) is 0 Å². The number of benzene rings is 1. The third kappa shape index (κ3) is 4.94. The summed E-state index contributed by atoms with van der Waals surface area (Å²) in [6, 6.07) is 1.40. The summed E-state index contributed by atoms with van der Waals surface area (Å²) in [5, 5.41) is 31.1. The van der Waals surface area contributed by atoms with Gasteiger partial charge < -0.3 is 20.9 Å². The highest BCUT2D eigenvalue weighted by Gasteiger charge is 2.21.